The van der Waals surface area contributed by atoms with Crippen molar-refractivity contribution in [1.29, 1.82) is 0 Å². The Bertz CT molecular complexity index is 471. The minimum absolute atomic E-state index is 0.414. The second-order valence-electron chi connectivity index (χ2n) is 2.77. The summed E-state index contributed by atoms with van der Waals surface area (Å²) in [6.07, 6.45) is 0. The number of carboxylic acids is 1. The Kier molecular flexibility index (Phi) is 1.81. The van der Waals surface area contributed by atoms with Crippen molar-refractivity contribution in [3.05, 3.63) is 34.7 Å². The average Bonchev–Trinajstić information content (AvgIpc) is 2.45. The van der Waals surface area contributed by atoms with Crippen molar-refractivity contribution in [1.82, 2.24) is 0 Å². The van der Waals surface area contributed by atoms with Crippen LogP contribution >= 0.6 is 11.3 Å². The van der Waals surface area contributed by atoms with Gasteiger partial charge in [-0.15, -0.1) is 11.3 Å². The number of benzene rings is 1. The van der Waals surface area contributed by atoms with Gasteiger partial charge in [-0.25, -0.2) is 4.79 Å². The quantitative estimate of drug-likeness (QED) is 0.752. The summed E-state index contributed by atoms with van der Waals surface area (Å²) in [6, 6.07) is 8.62. The molecule has 0 amide bonds. The molecule has 1 radical (unpaired) electrons. The lowest BCUT2D eigenvalue weighted by Gasteiger charge is -1.89. The number of thiophene rings is 1. The Morgan fingerprint density at radius 1 is 1.62 bits per heavy atom. The Balaban J connectivity index is 2.81. The number of carboxylic acid groups (broad SMARTS) is 1. The number of fused-ring (bicyclic) bond motifs is 1. The highest BCUT2D eigenvalue weighted by molar-refractivity contribution is 7.21. The zero-order chi connectivity index (χ0) is 9.42. The molecule has 0 aliphatic rings. The zero-order valence-corrected chi connectivity index (χ0v) is 7.81. The average molecular weight is 191 g/mol. The smallest absolute Gasteiger partial charge is 0.346 e. The summed E-state index contributed by atoms with van der Waals surface area (Å²) < 4.78 is 0.984. The van der Waals surface area contributed by atoms with E-state index in [9.17, 15) is 4.79 Å². The van der Waals surface area contributed by atoms with Crippen molar-refractivity contribution in [3.63, 3.8) is 0 Å². The highest BCUT2D eigenvalue weighted by Gasteiger charge is 2.13. The SMILES string of the molecule is Cc1c(C(=O)O)sc2ccc[c]c12. The van der Waals surface area contributed by atoms with Gasteiger partial charge >= 0.3 is 5.97 Å². The predicted octanol–water partition coefficient (Wildman–Crippen LogP) is 2.71. The summed E-state index contributed by atoms with van der Waals surface area (Å²) in [5.41, 5.74) is 0.813. The number of rotatable bonds is 1. The van der Waals surface area contributed by atoms with Gasteiger partial charge in [-0.3, -0.25) is 0 Å². The summed E-state index contributed by atoms with van der Waals surface area (Å²) in [5.74, 6) is -0.855. The normalized spacial score (nSPS) is 10.5. The number of aryl methyl sites for hydroxylation is 1. The van der Waals surface area contributed by atoms with Crippen molar-refractivity contribution in [2.75, 3.05) is 0 Å². The lowest BCUT2D eigenvalue weighted by molar-refractivity contribution is 0.0701. The van der Waals surface area contributed by atoms with E-state index in [1.54, 1.807) is 6.07 Å². The first kappa shape index (κ1) is 8.26. The van der Waals surface area contributed by atoms with Crippen LogP contribution in [0.2, 0.25) is 0 Å². The highest BCUT2D eigenvalue weighted by atomic mass is 32.1. The van der Waals surface area contributed by atoms with Crippen LogP contribution < -0.4 is 0 Å². The standard InChI is InChI=1S/C10H7O2S/c1-6-7-4-2-3-5-8(7)13-9(6)10(11)12/h2-3,5H,1H3,(H,11,12). The van der Waals surface area contributed by atoms with Gasteiger partial charge in [0, 0.05) is 10.1 Å². The molecular formula is C10H7O2S. The Morgan fingerprint density at radius 2 is 2.38 bits per heavy atom. The largest absolute Gasteiger partial charge is 0.477 e. The molecule has 0 atom stereocenters. The first-order valence-electron chi connectivity index (χ1n) is 3.83. The van der Waals surface area contributed by atoms with Crippen molar-refractivity contribution in [3.8, 4) is 0 Å². The van der Waals surface area contributed by atoms with Crippen LogP contribution in [0.3, 0.4) is 0 Å². The molecular weight excluding hydrogens is 184 g/mol. The van der Waals surface area contributed by atoms with Crippen LogP contribution in [0.4, 0.5) is 0 Å². The van der Waals surface area contributed by atoms with Crippen LogP contribution in [0.5, 0.6) is 0 Å². The molecule has 0 unspecified atom stereocenters. The van der Waals surface area contributed by atoms with Gasteiger partial charge in [0.1, 0.15) is 4.88 Å². The topological polar surface area (TPSA) is 37.3 Å². The number of aromatic carboxylic acids is 1. The Hall–Kier alpha value is -1.35. The molecule has 13 heavy (non-hydrogen) atoms. The lowest BCUT2D eigenvalue weighted by Crippen LogP contribution is -1.93. The van der Waals surface area contributed by atoms with E-state index < -0.39 is 5.97 Å². The van der Waals surface area contributed by atoms with E-state index in [2.05, 4.69) is 6.07 Å². The summed E-state index contributed by atoms with van der Waals surface area (Å²) in [5, 5.41) is 9.78. The number of hydrogen-bond donors (Lipinski definition) is 1. The molecule has 0 aliphatic heterocycles. The highest BCUT2D eigenvalue weighted by Crippen LogP contribution is 2.29. The lowest BCUT2D eigenvalue weighted by atomic mass is 10.1. The van der Waals surface area contributed by atoms with Crippen molar-refractivity contribution < 1.29 is 9.90 Å². The summed E-state index contributed by atoms with van der Waals surface area (Å²) in [7, 11) is 0. The molecule has 0 aliphatic carbocycles. The van der Waals surface area contributed by atoms with E-state index >= 15 is 0 Å². The van der Waals surface area contributed by atoms with Gasteiger partial charge in [-0.1, -0.05) is 12.1 Å². The fourth-order valence-corrected chi connectivity index (χ4v) is 2.33. The van der Waals surface area contributed by atoms with E-state index in [1.807, 2.05) is 19.1 Å². The zero-order valence-electron chi connectivity index (χ0n) is 7.00. The third-order valence-corrected chi connectivity index (χ3v) is 3.18. The van der Waals surface area contributed by atoms with Crippen molar-refractivity contribution in [2.24, 2.45) is 0 Å². The monoisotopic (exact) mass is 191 g/mol. The minimum Gasteiger partial charge on any atom is -0.477 e. The van der Waals surface area contributed by atoms with Gasteiger partial charge in [-0.05, 0) is 24.6 Å². The predicted molar refractivity (Wildman–Crippen MR) is 52.4 cm³/mol. The fraction of sp³-hybridized carbons (Fsp3) is 0.100. The van der Waals surface area contributed by atoms with Gasteiger partial charge in [0.2, 0.25) is 0 Å². The third kappa shape index (κ3) is 1.21. The molecule has 0 spiro atoms. The van der Waals surface area contributed by atoms with E-state index in [0.29, 0.717) is 4.88 Å². The maximum Gasteiger partial charge on any atom is 0.346 e. The van der Waals surface area contributed by atoms with Crippen LogP contribution in [0, 0.1) is 13.0 Å². The van der Waals surface area contributed by atoms with Gasteiger partial charge in [0.15, 0.2) is 0 Å². The Labute approximate surface area is 79.4 Å². The molecule has 3 heteroatoms. The van der Waals surface area contributed by atoms with Crippen molar-refractivity contribution >= 4 is 27.4 Å². The molecule has 0 saturated heterocycles. The molecule has 1 heterocycles. The summed E-state index contributed by atoms with van der Waals surface area (Å²) in [6.45, 7) is 1.82. The van der Waals surface area contributed by atoms with Crippen LogP contribution in [-0.2, 0) is 0 Å². The van der Waals surface area contributed by atoms with E-state index in [0.717, 1.165) is 15.6 Å². The molecule has 0 fully saturated rings. The number of carbonyl (C=O) groups is 1. The van der Waals surface area contributed by atoms with Crippen LogP contribution in [0.1, 0.15) is 15.2 Å². The molecule has 2 nitrogen and oxygen atoms in total. The second-order valence-corrected chi connectivity index (χ2v) is 3.82. The third-order valence-electron chi connectivity index (χ3n) is 1.94. The molecule has 1 aromatic heterocycles. The minimum atomic E-state index is -0.855. The molecule has 2 aromatic rings. The molecule has 2 rings (SSSR count). The van der Waals surface area contributed by atoms with Gasteiger partial charge in [-0.2, -0.15) is 0 Å². The van der Waals surface area contributed by atoms with E-state index in [-0.39, 0.29) is 0 Å². The molecule has 0 saturated carbocycles. The van der Waals surface area contributed by atoms with E-state index in [4.69, 9.17) is 5.11 Å². The first-order valence-corrected chi connectivity index (χ1v) is 4.65. The second kappa shape index (κ2) is 2.85. The fourth-order valence-electron chi connectivity index (χ4n) is 1.30. The molecule has 0 bridgehead atoms. The first-order chi connectivity index (χ1) is 6.20. The maximum absolute atomic E-state index is 10.8. The van der Waals surface area contributed by atoms with Crippen LogP contribution in [0.15, 0.2) is 18.2 Å². The summed E-state index contributed by atoms with van der Waals surface area (Å²) in [4.78, 5) is 11.2. The van der Waals surface area contributed by atoms with Gasteiger partial charge in [0.05, 0.1) is 0 Å². The maximum atomic E-state index is 10.8. The van der Waals surface area contributed by atoms with Crippen LogP contribution in [0.25, 0.3) is 10.1 Å². The molecule has 1 N–H and O–H groups in total. The molecule has 1 aromatic carbocycles. The molecule has 65 valence electrons. The van der Waals surface area contributed by atoms with Crippen molar-refractivity contribution in [2.45, 2.75) is 6.92 Å². The number of hydrogen-bond acceptors (Lipinski definition) is 2. The van der Waals surface area contributed by atoms with E-state index in [1.165, 1.54) is 11.3 Å². The van der Waals surface area contributed by atoms with Crippen LogP contribution in [-0.4, -0.2) is 11.1 Å². The van der Waals surface area contributed by atoms with Gasteiger partial charge in [0.25, 0.3) is 0 Å². The van der Waals surface area contributed by atoms with Gasteiger partial charge < -0.3 is 5.11 Å². The Morgan fingerprint density at radius 3 is 3.00 bits per heavy atom. The summed E-state index contributed by atoms with van der Waals surface area (Å²) >= 11 is 1.30.